The quantitative estimate of drug-likeness (QED) is 0.736. The van der Waals surface area contributed by atoms with Crippen molar-refractivity contribution in [1.29, 1.82) is 0 Å². The normalized spacial score (nSPS) is 27.2. The molecule has 24 heavy (non-hydrogen) atoms. The van der Waals surface area contributed by atoms with Gasteiger partial charge in [0.2, 0.25) is 5.91 Å². The molecule has 2 fully saturated rings. The van der Waals surface area contributed by atoms with E-state index in [1.54, 1.807) is 21.4 Å². The van der Waals surface area contributed by atoms with E-state index in [4.69, 9.17) is 5.73 Å². The third-order valence-corrected chi connectivity index (χ3v) is 5.32. The van der Waals surface area contributed by atoms with Gasteiger partial charge in [-0.3, -0.25) is 14.5 Å². The highest BCUT2D eigenvalue weighted by molar-refractivity contribution is 7.11. The first-order valence-corrected chi connectivity index (χ1v) is 8.65. The van der Waals surface area contributed by atoms with Gasteiger partial charge >= 0.3 is 0 Å². The summed E-state index contributed by atoms with van der Waals surface area (Å²) in [5.74, 6) is -0.185. The lowest BCUT2D eigenvalue weighted by Crippen LogP contribution is -2.74. The molecule has 3 N–H and O–H groups in total. The number of fused-ring (bicyclic) bond motifs is 1. The number of rotatable bonds is 3. The molecule has 1 aromatic heterocycles. The van der Waals surface area contributed by atoms with Gasteiger partial charge in [-0.05, 0) is 14.1 Å². The number of likely N-dealkylation sites (N-methyl/N-ethyl adjacent to an activating group) is 1. The summed E-state index contributed by atoms with van der Waals surface area (Å²) in [5, 5.41) is 5.38. The minimum Gasteiger partial charge on any atom is -0.383 e. The fourth-order valence-electron chi connectivity index (χ4n) is 3.24. The zero-order chi connectivity index (χ0) is 17.4. The summed E-state index contributed by atoms with van der Waals surface area (Å²) in [6, 6.07) is -0.740. The molecule has 0 aromatic carbocycles. The van der Waals surface area contributed by atoms with Crippen LogP contribution < -0.4 is 11.1 Å². The molecule has 2 aliphatic heterocycles. The average Bonchev–Trinajstić information content (AvgIpc) is 3.09. The van der Waals surface area contributed by atoms with Crippen LogP contribution in [-0.4, -0.2) is 83.5 Å². The van der Waals surface area contributed by atoms with Gasteiger partial charge in [0.25, 0.3) is 5.91 Å². The first-order chi connectivity index (χ1) is 11.5. The lowest BCUT2D eigenvalue weighted by molar-refractivity contribution is -0.153. The van der Waals surface area contributed by atoms with Gasteiger partial charge in [0.05, 0.1) is 12.6 Å². The fourth-order valence-corrected chi connectivity index (χ4v) is 3.83. The summed E-state index contributed by atoms with van der Waals surface area (Å²) in [4.78, 5) is 35.3. The van der Waals surface area contributed by atoms with E-state index in [2.05, 4.69) is 16.9 Å². The maximum absolute atomic E-state index is 13.0. The predicted octanol–water partition coefficient (Wildman–Crippen LogP) is -0.872. The molecule has 3 atom stereocenters. The summed E-state index contributed by atoms with van der Waals surface area (Å²) in [7, 11) is 3.67. The van der Waals surface area contributed by atoms with Crippen LogP contribution in [0.2, 0.25) is 0 Å². The SMILES string of the molecule is C=C1NCC2N(C(=O)c3nccs3)C[C@H](N(C)C)C(=O)N2[C@H]1CN. The summed E-state index contributed by atoms with van der Waals surface area (Å²) in [6.45, 7) is 5.00. The highest BCUT2D eigenvalue weighted by atomic mass is 32.1. The molecule has 0 saturated carbocycles. The van der Waals surface area contributed by atoms with E-state index in [1.165, 1.54) is 11.3 Å². The molecule has 3 heterocycles. The summed E-state index contributed by atoms with van der Waals surface area (Å²) >= 11 is 1.30. The second-order valence-corrected chi connectivity index (χ2v) is 7.05. The fraction of sp³-hybridized carbons (Fsp3) is 0.533. The van der Waals surface area contributed by atoms with Gasteiger partial charge in [-0.25, -0.2) is 4.98 Å². The van der Waals surface area contributed by atoms with Crippen molar-refractivity contribution < 1.29 is 9.59 Å². The van der Waals surface area contributed by atoms with E-state index in [9.17, 15) is 9.59 Å². The lowest BCUT2D eigenvalue weighted by Gasteiger charge is -2.53. The second kappa shape index (κ2) is 6.50. The Bertz CT molecular complexity index is 646. The van der Waals surface area contributed by atoms with Crippen molar-refractivity contribution in [2.24, 2.45) is 5.73 Å². The molecule has 1 aromatic rings. The predicted molar refractivity (Wildman–Crippen MR) is 91.2 cm³/mol. The highest BCUT2D eigenvalue weighted by Crippen LogP contribution is 2.27. The number of amides is 2. The number of hydrogen-bond acceptors (Lipinski definition) is 7. The molecule has 0 radical (unpaired) electrons. The van der Waals surface area contributed by atoms with Crippen LogP contribution in [-0.2, 0) is 4.79 Å². The topological polar surface area (TPSA) is 94.8 Å². The number of carbonyl (C=O) groups excluding carboxylic acids is 2. The smallest absolute Gasteiger partial charge is 0.284 e. The van der Waals surface area contributed by atoms with E-state index in [0.717, 1.165) is 0 Å². The van der Waals surface area contributed by atoms with E-state index >= 15 is 0 Å². The molecule has 2 aliphatic rings. The van der Waals surface area contributed by atoms with Crippen LogP contribution in [0.25, 0.3) is 0 Å². The van der Waals surface area contributed by atoms with Gasteiger partial charge < -0.3 is 20.9 Å². The molecule has 0 spiro atoms. The number of thiazole rings is 1. The minimum atomic E-state index is -0.412. The molecule has 1 unspecified atom stereocenters. The zero-order valence-electron chi connectivity index (χ0n) is 13.8. The molecular weight excluding hydrogens is 328 g/mol. The zero-order valence-corrected chi connectivity index (χ0v) is 14.6. The van der Waals surface area contributed by atoms with E-state index in [0.29, 0.717) is 23.8 Å². The van der Waals surface area contributed by atoms with Crippen LogP contribution >= 0.6 is 11.3 Å². The molecule has 3 rings (SSSR count). The highest BCUT2D eigenvalue weighted by Gasteiger charge is 2.48. The Morgan fingerprint density at radius 2 is 2.33 bits per heavy atom. The number of nitrogens with one attached hydrogen (secondary N) is 1. The van der Waals surface area contributed by atoms with Crippen LogP contribution in [0, 0.1) is 0 Å². The number of aromatic nitrogens is 1. The van der Waals surface area contributed by atoms with Gasteiger partial charge in [0.1, 0.15) is 12.2 Å². The van der Waals surface area contributed by atoms with Crippen LogP contribution in [0.4, 0.5) is 0 Å². The summed E-state index contributed by atoms with van der Waals surface area (Å²) < 4.78 is 0. The van der Waals surface area contributed by atoms with Crippen molar-refractivity contribution >= 4 is 23.2 Å². The van der Waals surface area contributed by atoms with Gasteiger partial charge in [-0.15, -0.1) is 11.3 Å². The number of hydrogen-bond donors (Lipinski definition) is 2. The van der Waals surface area contributed by atoms with Gasteiger partial charge in [0, 0.05) is 30.4 Å². The molecule has 2 amide bonds. The number of carbonyl (C=O) groups is 2. The Hall–Kier alpha value is -1.97. The number of nitrogens with zero attached hydrogens (tertiary/aromatic N) is 4. The Kier molecular flexibility index (Phi) is 4.57. The molecule has 0 aliphatic carbocycles. The van der Waals surface area contributed by atoms with Crippen molar-refractivity contribution in [2.75, 3.05) is 33.7 Å². The third kappa shape index (κ3) is 2.68. The monoisotopic (exact) mass is 350 g/mol. The minimum absolute atomic E-state index is 0.0220. The van der Waals surface area contributed by atoms with Crippen molar-refractivity contribution in [3.05, 3.63) is 28.9 Å². The van der Waals surface area contributed by atoms with E-state index in [1.807, 2.05) is 19.0 Å². The number of piperazine rings is 1. The lowest BCUT2D eigenvalue weighted by atomic mass is 10.0. The molecule has 130 valence electrons. The molecular formula is C15H22N6O2S. The van der Waals surface area contributed by atoms with Crippen LogP contribution in [0.5, 0.6) is 0 Å². The number of nitrogens with two attached hydrogens (primary N) is 1. The standard InChI is InChI=1S/C15H22N6O2S/c1-9-10(6-16)21-12(7-18-9)20(8-11(14(21)22)19(2)3)15(23)13-17-4-5-24-13/h4-5,10-12,18H,1,6-8,16H2,2-3H3/t10-,11-,12?/m0/s1. The molecule has 0 bridgehead atoms. The Morgan fingerprint density at radius 3 is 2.92 bits per heavy atom. The Labute approximate surface area is 144 Å². The van der Waals surface area contributed by atoms with E-state index < -0.39 is 6.04 Å². The summed E-state index contributed by atoms with van der Waals surface area (Å²) in [6.07, 6.45) is 1.22. The Morgan fingerprint density at radius 1 is 1.58 bits per heavy atom. The Balaban J connectivity index is 1.98. The van der Waals surface area contributed by atoms with Crippen molar-refractivity contribution in [3.63, 3.8) is 0 Å². The van der Waals surface area contributed by atoms with Crippen LogP contribution in [0.1, 0.15) is 9.80 Å². The maximum atomic E-state index is 13.0. The summed E-state index contributed by atoms with van der Waals surface area (Å²) in [5.41, 5.74) is 6.59. The van der Waals surface area contributed by atoms with Crippen LogP contribution in [0.15, 0.2) is 23.9 Å². The first-order valence-electron chi connectivity index (χ1n) is 7.77. The second-order valence-electron chi connectivity index (χ2n) is 6.16. The molecule has 8 nitrogen and oxygen atoms in total. The van der Waals surface area contributed by atoms with E-state index in [-0.39, 0.29) is 30.6 Å². The largest absolute Gasteiger partial charge is 0.383 e. The van der Waals surface area contributed by atoms with Crippen molar-refractivity contribution in [3.8, 4) is 0 Å². The average molecular weight is 350 g/mol. The van der Waals surface area contributed by atoms with Gasteiger partial charge in [-0.1, -0.05) is 6.58 Å². The van der Waals surface area contributed by atoms with Gasteiger partial charge in [-0.2, -0.15) is 0 Å². The van der Waals surface area contributed by atoms with Gasteiger partial charge in [0.15, 0.2) is 5.01 Å². The first kappa shape index (κ1) is 16.9. The third-order valence-electron chi connectivity index (χ3n) is 4.56. The maximum Gasteiger partial charge on any atom is 0.284 e. The van der Waals surface area contributed by atoms with Crippen molar-refractivity contribution in [1.82, 2.24) is 25.0 Å². The van der Waals surface area contributed by atoms with Crippen molar-refractivity contribution in [2.45, 2.75) is 18.2 Å². The van der Waals surface area contributed by atoms with Crippen LogP contribution in [0.3, 0.4) is 0 Å². The molecule has 9 heteroatoms. The molecule has 2 saturated heterocycles.